The molecule has 0 heterocycles. The minimum Gasteiger partial charge on any atom is -0.380 e. The van der Waals surface area contributed by atoms with Crippen LogP contribution < -0.4 is 0 Å². The van der Waals surface area contributed by atoms with Gasteiger partial charge in [0.05, 0.1) is 0 Å². The molecule has 0 aliphatic carbocycles. The van der Waals surface area contributed by atoms with Gasteiger partial charge in [-0.2, -0.15) is 0 Å². The van der Waals surface area contributed by atoms with Crippen LogP contribution in [-0.4, -0.2) is 11.2 Å². The number of aryl methyl sites for hydroxylation is 2. The molecule has 104 valence electrons. The number of aliphatic hydroxyl groups excluding tert-OH is 1. The number of benzene rings is 1. The molecule has 2 unspecified atom stereocenters. The molecule has 0 aliphatic heterocycles. The minimum atomic E-state index is -0.502. The van der Waals surface area contributed by atoms with Gasteiger partial charge in [-0.25, -0.2) is 0 Å². The van der Waals surface area contributed by atoms with E-state index < -0.39 is 6.10 Å². The van der Waals surface area contributed by atoms with Gasteiger partial charge < -0.3 is 5.11 Å². The van der Waals surface area contributed by atoms with E-state index >= 15 is 0 Å². The van der Waals surface area contributed by atoms with E-state index in [1.165, 1.54) is 24.0 Å². The zero-order chi connectivity index (χ0) is 14.3. The Hall–Kier alpha value is -1.26. The first-order valence-electron chi connectivity index (χ1n) is 7.34. The Balaban J connectivity index is 2.74. The molecule has 0 saturated carbocycles. The Morgan fingerprint density at radius 3 is 2.26 bits per heavy atom. The molecule has 1 nitrogen and oxygen atoms in total. The van der Waals surface area contributed by atoms with E-state index in [0.29, 0.717) is 5.92 Å². The van der Waals surface area contributed by atoms with E-state index in [9.17, 15) is 5.11 Å². The Bertz CT molecular complexity index is 430. The van der Waals surface area contributed by atoms with Gasteiger partial charge in [-0.3, -0.25) is 0 Å². The lowest BCUT2D eigenvalue weighted by Crippen LogP contribution is -2.17. The molecule has 0 fully saturated rings. The summed E-state index contributed by atoms with van der Waals surface area (Å²) in [6.45, 7) is 8.46. The average Bonchev–Trinajstić information content (AvgIpc) is 2.36. The molecule has 0 aliphatic rings. The number of unbranched alkanes of at least 4 members (excludes halogenated alkanes) is 1. The summed E-state index contributed by atoms with van der Waals surface area (Å²) in [6.07, 6.45) is 3.89. The van der Waals surface area contributed by atoms with Crippen LogP contribution in [0.2, 0.25) is 0 Å². The van der Waals surface area contributed by atoms with E-state index in [1.54, 1.807) is 0 Å². The number of hydrogen-bond acceptors (Lipinski definition) is 1. The third-order valence-corrected chi connectivity index (χ3v) is 3.49. The fraction of sp³-hybridized carbons (Fsp3) is 0.556. The molecule has 1 N–H and O–H groups in total. The van der Waals surface area contributed by atoms with Crippen LogP contribution in [0.4, 0.5) is 0 Å². The normalized spacial score (nSPS) is 13.5. The van der Waals surface area contributed by atoms with E-state index in [2.05, 4.69) is 57.7 Å². The Morgan fingerprint density at radius 1 is 1.11 bits per heavy atom. The summed E-state index contributed by atoms with van der Waals surface area (Å²) in [6, 6.07) is 6.27. The van der Waals surface area contributed by atoms with Gasteiger partial charge in [-0.15, -0.1) is 0 Å². The standard InChI is InChI=1S/C18H26O/c1-5-7-8-17(6-2)18(19)10-9-16-12-14(3)11-15(4)13-16/h11-13,17-19H,5-8H2,1-4H3. The average molecular weight is 258 g/mol. The summed E-state index contributed by atoms with van der Waals surface area (Å²) in [7, 11) is 0. The van der Waals surface area contributed by atoms with Crippen molar-refractivity contribution in [2.45, 2.75) is 59.5 Å². The molecule has 0 spiro atoms. The van der Waals surface area contributed by atoms with Gasteiger partial charge in [0.15, 0.2) is 0 Å². The molecule has 1 heteroatoms. The summed E-state index contributed by atoms with van der Waals surface area (Å²) < 4.78 is 0. The molecule has 0 bridgehead atoms. The molecule has 0 amide bonds. The molecule has 1 aromatic carbocycles. The van der Waals surface area contributed by atoms with Crippen LogP contribution >= 0.6 is 0 Å². The lowest BCUT2D eigenvalue weighted by Gasteiger charge is -2.16. The van der Waals surface area contributed by atoms with Gasteiger partial charge in [0.1, 0.15) is 6.10 Å². The van der Waals surface area contributed by atoms with Crippen LogP contribution in [0.5, 0.6) is 0 Å². The first-order valence-corrected chi connectivity index (χ1v) is 7.34. The quantitative estimate of drug-likeness (QED) is 0.784. The lowest BCUT2D eigenvalue weighted by molar-refractivity contribution is 0.150. The van der Waals surface area contributed by atoms with Crippen molar-refractivity contribution in [3.8, 4) is 11.8 Å². The maximum atomic E-state index is 10.2. The molecule has 0 saturated heterocycles. The Morgan fingerprint density at radius 2 is 1.74 bits per heavy atom. The second kappa shape index (κ2) is 8.02. The second-order valence-electron chi connectivity index (χ2n) is 5.40. The summed E-state index contributed by atoms with van der Waals surface area (Å²) in [5.41, 5.74) is 3.44. The zero-order valence-corrected chi connectivity index (χ0v) is 12.7. The van der Waals surface area contributed by atoms with E-state index in [-0.39, 0.29) is 0 Å². The monoisotopic (exact) mass is 258 g/mol. The van der Waals surface area contributed by atoms with Crippen molar-refractivity contribution in [2.24, 2.45) is 5.92 Å². The maximum Gasteiger partial charge on any atom is 0.117 e. The highest BCUT2D eigenvalue weighted by Gasteiger charge is 2.14. The summed E-state index contributed by atoms with van der Waals surface area (Å²) in [5, 5.41) is 10.2. The Kier molecular flexibility index (Phi) is 6.67. The van der Waals surface area contributed by atoms with Gasteiger partial charge in [-0.1, -0.05) is 44.6 Å². The number of aliphatic hydroxyl groups is 1. The molecule has 0 radical (unpaired) electrons. The Labute approximate surface area is 118 Å². The molecular weight excluding hydrogens is 232 g/mol. The fourth-order valence-electron chi connectivity index (χ4n) is 2.37. The highest BCUT2D eigenvalue weighted by Crippen LogP contribution is 2.16. The first-order chi connectivity index (χ1) is 9.06. The predicted molar refractivity (Wildman–Crippen MR) is 82.1 cm³/mol. The van der Waals surface area contributed by atoms with E-state index in [0.717, 1.165) is 18.4 Å². The van der Waals surface area contributed by atoms with Crippen LogP contribution in [0.1, 0.15) is 56.2 Å². The summed E-state index contributed by atoms with van der Waals surface area (Å²) >= 11 is 0. The number of hydrogen-bond donors (Lipinski definition) is 1. The molecule has 0 aromatic heterocycles. The largest absolute Gasteiger partial charge is 0.380 e. The molecule has 2 atom stereocenters. The van der Waals surface area contributed by atoms with Gasteiger partial charge >= 0.3 is 0 Å². The predicted octanol–water partition coefficient (Wildman–Crippen LogP) is 4.23. The smallest absolute Gasteiger partial charge is 0.117 e. The van der Waals surface area contributed by atoms with Crippen molar-refractivity contribution < 1.29 is 5.11 Å². The zero-order valence-electron chi connectivity index (χ0n) is 12.7. The molecular formula is C18H26O. The summed E-state index contributed by atoms with van der Waals surface area (Å²) in [4.78, 5) is 0. The van der Waals surface area contributed by atoms with Crippen LogP contribution in [0.3, 0.4) is 0 Å². The highest BCUT2D eigenvalue weighted by atomic mass is 16.3. The van der Waals surface area contributed by atoms with Crippen LogP contribution in [0.25, 0.3) is 0 Å². The van der Waals surface area contributed by atoms with Crippen LogP contribution in [0.15, 0.2) is 18.2 Å². The van der Waals surface area contributed by atoms with Crippen LogP contribution in [-0.2, 0) is 0 Å². The van der Waals surface area contributed by atoms with Gasteiger partial charge in [0.2, 0.25) is 0 Å². The SMILES string of the molecule is CCCCC(CC)C(O)C#Cc1cc(C)cc(C)c1. The first kappa shape index (κ1) is 15.8. The molecule has 19 heavy (non-hydrogen) atoms. The highest BCUT2D eigenvalue weighted by molar-refractivity contribution is 5.40. The van der Waals surface area contributed by atoms with E-state index in [1.807, 2.05) is 0 Å². The topological polar surface area (TPSA) is 20.2 Å². The minimum absolute atomic E-state index is 0.304. The lowest BCUT2D eigenvalue weighted by atomic mass is 9.93. The van der Waals surface area contributed by atoms with Gasteiger partial charge in [0, 0.05) is 5.56 Å². The third kappa shape index (κ3) is 5.49. The van der Waals surface area contributed by atoms with Gasteiger partial charge in [-0.05, 0) is 55.9 Å². The summed E-state index contributed by atoms with van der Waals surface area (Å²) in [5.74, 6) is 6.44. The van der Waals surface area contributed by atoms with Crippen molar-refractivity contribution in [3.05, 3.63) is 34.9 Å². The maximum absolute atomic E-state index is 10.2. The van der Waals surface area contributed by atoms with Crippen molar-refractivity contribution >= 4 is 0 Å². The molecule has 1 aromatic rings. The van der Waals surface area contributed by atoms with Crippen LogP contribution in [0, 0.1) is 31.6 Å². The van der Waals surface area contributed by atoms with E-state index in [4.69, 9.17) is 0 Å². The second-order valence-corrected chi connectivity index (χ2v) is 5.40. The molecule has 1 rings (SSSR count). The fourth-order valence-corrected chi connectivity index (χ4v) is 2.37. The van der Waals surface area contributed by atoms with Gasteiger partial charge in [0.25, 0.3) is 0 Å². The third-order valence-electron chi connectivity index (χ3n) is 3.49. The number of rotatable bonds is 5. The van der Waals surface area contributed by atoms with Crippen molar-refractivity contribution in [3.63, 3.8) is 0 Å². The van der Waals surface area contributed by atoms with Crippen molar-refractivity contribution in [1.29, 1.82) is 0 Å². The van der Waals surface area contributed by atoms with Crippen molar-refractivity contribution in [1.82, 2.24) is 0 Å². The van der Waals surface area contributed by atoms with Crippen molar-refractivity contribution in [2.75, 3.05) is 0 Å².